The number of carbonyl (C=O) groups is 3. The first kappa shape index (κ1) is 44.1. The van der Waals surface area contributed by atoms with Crippen LogP contribution in [-0.4, -0.2) is 99.4 Å². The van der Waals surface area contributed by atoms with Crippen LogP contribution < -0.4 is 11.4 Å². The van der Waals surface area contributed by atoms with E-state index in [4.69, 9.17) is 59.3 Å². The lowest BCUT2D eigenvalue weighted by atomic mass is 10.0. The molecule has 2 aromatic carbocycles. The number of aliphatic carboxylic acids is 1. The van der Waals surface area contributed by atoms with Crippen LogP contribution in [0.1, 0.15) is 41.3 Å². The molecule has 0 saturated carbocycles. The highest BCUT2D eigenvalue weighted by atomic mass is 35.5. The number of benzene rings is 2. The summed E-state index contributed by atoms with van der Waals surface area (Å²) in [7, 11) is -2.17. The number of aliphatic hydroxyl groups is 2. The van der Waals surface area contributed by atoms with Gasteiger partial charge in [0.05, 0.1) is 42.6 Å². The first-order chi connectivity index (χ1) is 21.9. The molecule has 14 nitrogen and oxygen atoms in total. The van der Waals surface area contributed by atoms with Crippen molar-refractivity contribution in [1.82, 2.24) is 10.5 Å². The number of carboxylic acid groups (broad SMARTS) is 1. The monoisotopic (exact) mass is 717 g/mol. The third-order valence-electron chi connectivity index (χ3n) is 5.59. The van der Waals surface area contributed by atoms with E-state index in [9.17, 15) is 27.6 Å². The molecule has 0 saturated heterocycles. The Labute approximate surface area is 278 Å². The van der Waals surface area contributed by atoms with Crippen molar-refractivity contribution < 1.29 is 67.6 Å². The molecule has 9 N–H and O–H groups in total. The lowest BCUT2D eigenvalue weighted by Crippen LogP contribution is -2.42. The summed E-state index contributed by atoms with van der Waals surface area (Å²) in [6, 6.07) is 7.40. The van der Waals surface area contributed by atoms with Crippen LogP contribution in [-0.2, 0) is 31.9 Å². The Hall–Kier alpha value is -2.88. The van der Waals surface area contributed by atoms with Crippen molar-refractivity contribution in [3.63, 3.8) is 0 Å². The van der Waals surface area contributed by atoms with Gasteiger partial charge in [0.2, 0.25) is 5.91 Å². The predicted molar refractivity (Wildman–Crippen MR) is 163 cm³/mol. The highest BCUT2D eigenvalue weighted by Gasteiger charge is 2.30. The topological polar surface area (TPSA) is 232 Å². The molecule has 2 aromatic rings. The van der Waals surface area contributed by atoms with E-state index < -0.39 is 48.8 Å². The zero-order valence-electron chi connectivity index (χ0n) is 25.1. The molecular formula is C27H37BCl2F3N3O11. The SMILES string of the molecule is CC(C[C@@H](N)C(=O)O)CN(C(=O)CCc1ccc(C(F)(F)F)cc1)C(=O)c1cc(Cl)ccc1Cl.OB(O)O.OCCONOCCO. The smallest absolute Gasteiger partial charge is 0.480 e. The molecule has 2 rings (SSSR count). The Kier molecular flexibility index (Phi) is 22.0. The van der Waals surface area contributed by atoms with Crippen molar-refractivity contribution in [2.45, 2.75) is 38.4 Å². The number of rotatable bonds is 15. The fourth-order valence-electron chi connectivity index (χ4n) is 3.49. The summed E-state index contributed by atoms with van der Waals surface area (Å²) in [5.41, 5.74) is 7.31. The van der Waals surface area contributed by atoms with Crippen molar-refractivity contribution in [3.05, 3.63) is 69.2 Å². The molecule has 0 radical (unpaired) electrons. The molecule has 0 bridgehead atoms. The Morgan fingerprint density at radius 2 is 1.53 bits per heavy atom. The van der Waals surface area contributed by atoms with Crippen LogP contribution >= 0.6 is 23.2 Å². The van der Waals surface area contributed by atoms with Crippen molar-refractivity contribution in [2.24, 2.45) is 11.7 Å². The molecule has 0 aliphatic rings. The van der Waals surface area contributed by atoms with Crippen molar-refractivity contribution in [3.8, 4) is 0 Å². The van der Waals surface area contributed by atoms with Gasteiger partial charge in [0.25, 0.3) is 5.91 Å². The number of alkyl halides is 3. The maximum Gasteiger partial charge on any atom is 0.631 e. The summed E-state index contributed by atoms with van der Waals surface area (Å²) in [4.78, 5) is 47.1. The molecule has 20 heteroatoms. The van der Waals surface area contributed by atoms with E-state index in [2.05, 4.69) is 15.3 Å². The van der Waals surface area contributed by atoms with E-state index >= 15 is 0 Å². The highest BCUT2D eigenvalue weighted by molar-refractivity contribution is 6.36. The summed E-state index contributed by atoms with van der Waals surface area (Å²) in [6.45, 7) is 1.74. The summed E-state index contributed by atoms with van der Waals surface area (Å²) < 4.78 is 38.2. The van der Waals surface area contributed by atoms with Crippen LogP contribution in [0.25, 0.3) is 0 Å². The first-order valence-corrected chi connectivity index (χ1v) is 14.4. The second-order valence-electron chi connectivity index (χ2n) is 9.49. The van der Waals surface area contributed by atoms with Gasteiger partial charge in [-0.1, -0.05) is 47.9 Å². The van der Waals surface area contributed by atoms with Gasteiger partial charge < -0.3 is 36.1 Å². The lowest BCUT2D eigenvalue weighted by Gasteiger charge is -2.26. The quantitative estimate of drug-likeness (QED) is 0.0741. The molecule has 264 valence electrons. The van der Waals surface area contributed by atoms with Crippen LogP contribution in [0.2, 0.25) is 10.0 Å². The van der Waals surface area contributed by atoms with Gasteiger partial charge in [-0.2, -0.15) is 13.2 Å². The average molecular weight is 718 g/mol. The third kappa shape index (κ3) is 19.5. The van der Waals surface area contributed by atoms with Gasteiger partial charge in [-0.15, -0.1) is 0 Å². The number of amides is 2. The Balaban J connectivity index is 0.00000137. The number of aryl methyl sites for hydroxylation is 1. The number of hydrogen-bond donors (Lipinski definition) is 8. The molecule has 47 heavy (non-hydrogen) atoms. The van der Waals surface area contributed by atoms with Crippen molar-refractivity contribution >= 4 is 48.3 Å². The summed E-state index contributed by atoms with van der Waals surface area (Å²) in [5, 5.41) is 47.1. The van der Waals surface area contributed by atoms with E-state index in [-0.39, 0.29) is 67.8 Å². The average Bonchev–Trinajstić information content (AvgIpc) is 2.99. The minimum Gasteiger partial charge on any atom is -0.480 e. The molecular weight excluding hydrogens is 681 g/mol. The number of carboxylic acids is 1. The predicted octanol–water partition coefficient (Wildman–Crippen LogP) is 1.42. The van der Waals surface area contributed by atoms with Crippen LogP contribution in [0.3, 0.4) is 0 Å². The second-order valence-corrected chi connectivity index (χ2v) is 10.3. The standard InChI is InChI=1S/C23H23Cl2F3N2O4.C4H11NO4.BH3O3/c1-13(10-19(29)22(33)34)12-30(21(32)17-11-16(24)7-8-18(17)25)20(31)9-4-14-2-5-15(6-3-14)23(26,27)28;6-1-3-8-5-9-4-2-7;2-1(3)4/h2-3,5-8,11,13,19H,4,9-10,12,29H2,1H3,(H,33,34);5-7H,1-4H2;2-4H/t13?,19-;;/m1../s1. The van der Waals surface area contributed by atoms with Gasteiger partial charge in [-0.3, -0.25) is 29.0 Å². The number of imide groups is 1. The molecule has 1 unspecified atom stereocenters. The van der Waals surface area contributed by atoms with E-state index in [1.54, 1.807) is 6.92 Å². The number of carbonyl (C=O) groups excluding carboxylic acids is 2. The zero-order valence-corrected chi connectivity index (χ0v) is 26.6. The molecule has 0 fully saturated rings. The maximum atomic E-state index is 13.2. The maximum absolute atomic E-state index is 13.2. The molecule has 0 aromatic heterocycles. The third-order valence-corrected chi connectivity index (χ3v) is 6.15. The van der Waals surface area contributed by atoms with E-state index in [1.165, 1.54) is 30.3 Å². The minimum absolute atomic E-state index is 0.00761. The highest BCUT2D eigenvalue weighted by Crippen LogP contribution is 2.29. The van der Waals surface area contributed by atoms with Gasteiger partial charge >= 0.3 is 19.5 Å². The molecule has 0 heterocycles. The Bertz CT molecular complexity index is 1220. The molecule has 2 amide bonds. The first-order valence-electron chi connectivity index (χ1n) is 13.6. The van der Waals surface area contributed by atoms with E-state index in [0.717, 1.165) is 17.0 Å². The summed E-state index contributed by atoms with van der Waals surface area (Å²) in [5.74, 6) is -2.99. The Morgan fingerprint density at radius 1 is 1.00 bits per heavy atom. The second kappa shape index (κ2) is 23.5. The van der Waals surface area contributed by atoms with E-state index in [0.29, 0.717) is 5.56 Å². The number of aliphatic hydroxyl groups excluding tert-OH is 2. The molecule has 2 atom stereocenters. The van der Waals surface area contributed by atoms with Gasteiger partial charge in [-0.05, 0) is 54.7 Å². The minimum atomic E-state index is -4.47. The zero-order chi connectivity index (χ0) is 36.2. The normalized spacial score (nSPS) is 12.1. The van der Waals surface area contributed by atoms with Crippen molar-refractivity contribution in [1.29, 1.82) is 0 Å². The van der Waals surface area contributed by atoms with Gasteiger partial charge in [0.1, 0.15) is 6.04 Å². The van der Waals surface area contributed by atoms with Crippen LogP contribution in [0, 0.1) is 5.92 Å². The van der Waals surface area contributed by atoms with Gasteiger partial charge in [0.15, 0.2) is 0 Å². The van der Waals surface area contributed by atoms with Crippen LogP contribution in [0.5, 0.6) is 0 Å². The summed E-state index contributed by atoms with van der Waals surface area (Å²) in [6.07, 6.45) is -4.55. The van der Waals surface area contributed by atoms with E-state index in [1.807, 2.05) is 0 Å². The lowest BCUT2D eigenvalue weighted by molar-refractivity contribution is -0.178. The number of nitrogens with two attached hydrogens (primary N) is 1. The number of nitrogens with one attached hydrogen (secondary N) is 1. The fraction of sp³-hybridized carbons (Fsp3) is 0.444. The van der Waals surface area contributed by atoms with Gasteiger partial charge in [-0.25, -0.2) is 0 Å². The van der Waals surface area contributed by atoms with Crippen LogP contribution in [0.4, 0.5) is 13.2 Å². The van der Waals surface area contributed by atoms with Gasteiger partial charge in [0, 0.05) is 18.0 Å². The molecule has 0 aliphatic carbocycles. The molecule has 0 spiro atoms. The largest absolute Gasteiger partial charge is 0.631 e. The summed E-state index contributed by atoms with van der Waals surface area (Å²) >= 11 is 12.1. The fourth-order valence-corrected chi connectivity index (χ4v) is 3.86. The number of hydrogen-bond acceptors (Lipinski definition) is 12. The Morgan fingerprint density at radius 3 is 2.00 bits per heavy atom. The number of halogens is 5. The number of nitrogens with zero attached hydrogens (tertiary/aromatic N) is 1. The molecule has 0 aliphatic heterocycles. The van der Waals surface area contributed by atoms with Crippen LogP contribution in [0.15, 0.2) is 42.5 Å². The van der Waals surface area contributed by atoms with Crippen molar-refractivity contribution in [2.75, 3.05) is 33.0 Å².